The van der Waals surface area contributed by atoms with Gasteiger partial charge in [0.1, 0.15) is 22.9 Å². The van der Waals surface area contributed by atoms with Gasteiger partial charge in [0.25, 0.3) is 5.91 Å². The van der Waals surface area contributed by atoms with E-state index in [1.54, 1.807) is 12.3 Å². The number of anilines is 1. The van der Waals surface area contributed by atoms with Crippen LogP contribution in [0.2, 0.25) is 0 Å². The topological polar surface area (TPSA) is 103 Å². The number of amides is 1. The van der Waals surface area contributed by atoms with E-state index in [2.05, 4.69) is 25.4 Å². The van der Waals surface area contributed by atoms with Crippen LogP contribution >= 0.6 is 11.3 Å². The maximum Gasteiger partial charge on any atom is 0.279 e. The van der Waals surface area contributed by atoms with Gasteiger partial charge in [-0.05, 0) is 44.4 Å². The highest BCUT2D eigenvalue weighted by Crippen LogP contribution is 2.28. The second kappa shape index (κ2) is 7.69. The van der Waals surface area contributed by atoms with Crippen LogP contribution in [0.3, 0.4) is 0 Å². The zero-order valence-electron chi connectivity index (χ0n) is 16.2. The molecule has 0 aromatic carbocycles. The van der Waals surface area contributed by atoms with Crippen LogP contribution in [0.25, 0.3) is 21.7 Å². The Hall–Kier alpha value is -3.17. The molecule has 1 N–H and O–H groups in total. The lowest BCUT2D eigenvalue weighted by Gasteiger charge is -2.17. The second-order valence-corrected chi connectivity index (χ2v) is 8.18. The fourth-order valence-electron chi connectivity index (χ4n) is 2.51. The third-order valence-corrected chi connectivity index (χ3v) is 4.70. The van der Waals surface area contributed by atoms with Crippen molar-refractivity contribution in [2.45, 2.75) is 33.0 Å². The van der Waals surface area contributed by atoms with Gasteiger partial charge in [0.15, 0.2) is 17.3 Å². The van der Waals surface area contributed by atoms with E-state index >= 15 is 0 Å². The van der Waals surface area contributed by atoms with Crippen molar-refractivity contribution in [3.05, 3.63) is 53.4 Å². The first-order valence-corrected chi connectivity index (χ1v) is 9.84. The molecule has 8 nitrogen and oxygen atoms in total. The molecular weight excluding hydrogens is 390 g/mol. The first-order chi connectivity index (χ1) is 13.9. The predicted molar refractivity (Wildman–Crippen MR) is 110 cm³/mol. The summed E-state index contributed by atoms with van der Waals surface area (Å²) in [6, 6.07) is 8.93. The van der Waals surface area contributed by atoms with Crippen molar-refractivity contribution >= 4 is 33.3 Å². The van der Waals surface area contributed by atoms with E-state index in [0.717, 1.165) is 10.2 Å². The van der Waals surface area contributed by atoms with Crippen molar-refractivity contribution in [1.82, 2.24) is 20.1 Å². The molecule has 0 saturated heterocycles. The Morgan fingerprint density at radius 2 is 2.10 bits per heavy atom. The van der Waals surface area contributed by atoms with Crippen LogP contribution in [-0.4, -0.2) is 31.6 Å². The molecule has 1 amide bonds. The zero-order valence-corrected chi connectivity index (χ0v) is 17.0. The van der Waals surface area contributed by atoms with Crippen LogP contribution in [0, 0.1) is 0 Å². The number of ether oxygens (including phenoxy) is 1. The summed E-state index contributed by atoms with van der Waals surface area (Å²) in [6.45, 7) is 6.06. The van der Waals surface area contributed by atoms with Gasteiger partial charge in [0.2, 0.25) is 0 Å². The molecule has 0 atom stereocenters. The molecule has 0 saturated carbocycles. The van der Waals surface area contributed by atoms with E-state index in [4.69, 9.17) is 9.26 Å². The van der Waals surface area contributed by atoms with Gasteiger partial charge in [-0.3, -0.25) is 9.78 Å². The zero-order chi connectivity index (χ0) is 20.4. The molecule has 148 valence electrons. The molecule has 29 heavy (non-hydrogen) atoms. The number of hydrogen-bond donors (Lipinski definition) is 1. The number of carbonyl (C=O) groups excluding carboxylic acids is 1. The smallest absolute Gasteiger partial charge is 0.279 e. The van der Waals surface area contributed by atoms with Crippen molar-refractivity contribution in [3.63, 3.8) is 0 Å². The van der Waals surface area contributed by atoms with Crippen LogP contribution in [0.4, 0.5) is 5.82 Å². The average Bonchev–Trinajstić information content (AvgIpc) is 3.36. The summed E-state index contributed by atoms with van der Waals surface area (Å²) < 4.78 is 10.9. The molecule has 4 aromatic heterocycles. The van der Waals surface area contributed by atoms with Gasteiger partial charge in [-0.2, -0.15) is 0 Å². The number of carbonyl (C=O) groups is 1. The molecule has 9 heteroatoms. The molecule has 0 aliphatic heterocycles. The molecule has 0 unspecified atom stereocenters. The first kappa shape index (κ1) is 19.2. The highest BCUT2D eigenvalue weighted by Gasteiger charge is 2.18. The number of aromatic nitrogens is 4. The summed E-state index contributed by atoms with van der Waals surface area (Å²) in [7, 11) is 0. The van der Waals surface area contributed by atoms with E-state index < -0.39 is 5.91 Å². The average molecular weight is 409 g/mol. The van der Waals surface area contributed by atoms with E-state index in [-0.39, 0.29) is 17.9 Å². The van der Waals surface area contributed by atoms with Crippen LogP contribution in [0.1, 0.15) is 37.0 Å². The van der Waals surface area contributed by atoms with Gasteiger partial charge >= 0.3 is 0 Å². The number of fused-ring (bicyclic) bond motifs is 1. The van der Waals surface area contributed by atoms with Gasteiger partial charge in [0, 0.05) is 12.3 Å². The Kier molecular flexibility index (Phi) is 5.08. The first-order valence-electron chi connectivity index (χ1n) is 8.96. The Balaban J connectivity index is 1.58. The Bertz CT molecular complexity index is 1150. The number of pyridine rings is 1. The molecular formula is C20H19N5O3S. The monoisotopic (exact) mass is 409 g/mol. The summed E-state index contributed by atoms with van der Waals surface area (Å²) in [5, 5.41) is 9.30. The fourth-order valence-corrected chi connectivity index (χ4v) is 3.27. The second-order valence-electron chi connectivity index (χ2n) is 7.28. The van der Waals surface area contributed by atoms with Crippen LogP contribution < -0.4 is 5.32 Å². The lowest BCUT2D eigenvalue weighted by atomic mass is 10.2. The van der Waals surface area contributed by atoms with Crippen molar-refractivity contribution in [3.8, 4) is 11.5 Å². The highest BCUT2D eigenvalue weighted by atomic mass is 32.1. The van der Waals surface area contributed by atoms with Crippen LogP contribution in [0.15, 0.2) is 46.4 Å². The summed E-state index contributed by atoms with van der Waals surface area (Å²) in [6.07, 6.45) is 1.67. The van der Waals surface area contributed by atoms with Crippen molar-refractivity contribution in [2.75, 3.05) is 5.32 Å². The number of rotatable bonds is 5. The predicted octanol–water partition coefficient (Wildman–Crippen LogP) is 4.31. The van der Waals surface area contributed by atoms with Gasteiger partial charge in [-0.1, -0.05) is 11.2 Å². The van der Waals surface area contributed by atoms with Gasteiger partial charge < -0.3 is 14.6 Å². The molecule has 0 aliphatic rings. The van der Waals surface area contributed by atoms with E-state index in [9.17, 15) is 4.79 Å². The highest BCUT2D eigenvalue weighted by molar-refractivity contribution is 7.16. The standard InChI is InChI=1S/C20H19N5O3S/c1-20(2,3)27-11-12-10-15(25-28-12)18(26)23-16-13-7-9-29-19(13)24-17(22-16)14-6-4-5-8-21-14/h4-10H,11H2,1-3H3,(H,22,23,24,26). The molecule has 0 aliphatic carbocycles. The summed E-state index contributed by atoms with van der Waals surface area (Å²) in [5.74, 6) is 0.893. The third kappa shape index (κ3) is 4.47. The largest absolute Gasteiger partial charge is 0.368 e. The van der Waals surface area contributed by atoms with Gasteiger partial charge in [-0.25, -0.2) is 9.97 Å². The summed E-state index contributed by atoms with van der Waals surface area (Å²) in [4.78, 5) is 26.8. The summed E-state index contributed by atoms with van der Waals surface area (Å²) >= 11 is 1.47. The van der Waals surface area contributed by atoms with Crippen molar-refractivity contribution in [1.29, 1.82) is 0 Å². The maximum absolute atomic E-state index is 12.7. The maximum atomic E-state index is 12.7. The van der Waals surface area contributed by atoms with E-state index in [1.165, 1.54) is 11.3 Å². The molecule has 0 spiro atoms. The lowest BCUT2D eigenvalue weighted by Crippen LogP contribution is -2.18. The quantitative estimate of drug-likeness (QED) is 0.524. The molecule has 0 radical (unpaired) electrons. The number of nitrogens with zero attached hydrogens (tertiary/aromatic N) is 4. The van der Waals surface area contributed by atoms with Crippen molar-refractivity contribution in [2.24, 2.45) is 0 Å². The van der Waals surface area contributed by atoms with Crippen LogP contribution in [0.5, 0.6) is 0 Å². The van der Waals surface area contributed by atoms with Gasteiger partial charge in [-0.15, -0.1) is 11.3 Å². The van der Waals surface area contributed by atoms with Crippen LogP contribution in [-0.2, 0) is 11.3 Å². The Morgan fingerprint density at radius 3 is 2.86 bits per heavy atom. The summed E-state index contributed by atoms with van der Waals surface area (Å²) in [5.41, 5.74) is 0.461. The normalized spacial score (nSPS) is 11.7. The number of nitrogens with one attached hydrogen (secondary N) is 1. The third-order valence-electron chi connectivity index (χ3n) is 3.89. The van der Waals surface area contributed by atoms with E-state index in [1.807, 2.05) is 50.4 Å². The Morgan fingerprint density at radius 1 is 1.24 bits per heavy atom. The van der Waals surface area contributed by atoms with Gasteiger partial charge in [0.05, 0.1) is 11.0 Å². The SMILES string of the molecule is CC(C)(C)OCc1cc(C(=O)Nc2nc(-c3ccccn3)nc3sccc23)no1. The Labute approximate surface area is 171 Å². The van der Waals surface area contributed by atoms with Crippen molar-refractivity contribution < 1.29 is 14.1 Å². The van der Waals surface area contributed by atoms with E-state index in [0.29, 0.717) is 23.1 Å². The number of hydrogen-bond acceptors (Lipinski definition) is 8. The fraction of sp³-hybridized carbons (Fsp3) is 0.250. The molecule has 4 heterocycles. The minimum Gasteiger partial charge on any atom is -0.368 e. The molecule has 4 rings (SSSR count). The lowest BCUT2D eigenvalue weighted by molar-refractivity contribution is -0.0241. The molecule has 0 fully saturated rings. The minimum atomic E-state index is -0.422. The minimum absolute atomic E-state index is 0.152. The number of thiophene rings is 1. The molecule has 0 bridgehead atoms. The molecule has 4 aromatic rings.